The molecule has 370 valence electrons. The van der Waals surface area contributed by atoms with Gasteiger partial charge in [0, 0.05) is 26.3 Å². The lowest BCUT2D eigenvalue weighted by Gasteiger charge is -2.45. The van der Waals surface area contributed by atoms with E-state index in [-0.39, 0.29) is 43.9 Å². The third kappa shape index (κ3) is 10.6. The van der Waals surface area contributed by atoms with Crippen LogP contribution in [0.2, 0.25) is 5.28 Å². The summed E-state index contributed by atoms with van der Waals surface area (Å²) in [6.45, 7) is 4.12. The van der Waals surface area contributed by atoms with Gasteiger partial charge in [0.1, 0.15) is 24.4 Å². The summed E-state index contributed by atoms with van der Waals surface area (Å²) < 4.78 is 59.6. The van der Waals surface area contributed by atoms with E-state index in [0.29, 0.717) is 34.7 Å². The molecule has 5 aromatic rings. The Labute approximate surface area is 410 Å². The SMILES string of the molecule is CC(=O)O[C@@H]1[C@@H](OCc2ccccc2)[C@@H](O[C@H]2[C@@H](OC(C)=O)[C@H](n3cnc4c(NC56C[C@@H]7CC5C[C@@H](C7)C6)nc(Cl)nc43)O[C@@H]2COCc2ccccc2)O[C@H](COCc2ccccc2)[C@H]1OC(C)=O. The molecule has 2 aromatic heterocycles. The molecule has 70 heavy (non-hydrogen) atoms. The summed E-state index contributed by atoms with van der Waals surface area (Å²) in [4.78, 5) is 53.3. The molecule has 18 heteroatoms. The molecule has 17 nitrogen and oxygen atoms in total. The topological polar surface area (TPSA) is 190 Å². The highest BCUT2D eigenvalue weighted by Gasteiger charge is 2.59. The van der Waals surface area contributed by atoms with Crippen LogP contribution in [0.4, 0.5) is 5.82 Å². The van der Waals surface area contributed by atoms with Gasteiger partial charge in [0.15, 0.2) is 47.8 Å². The van der Waals surface area contributed by atoms with Gasteiger partial charge in [-0.3, -0.25) is 19.0 Å². The molecule has 6 fully saturated rings. The number of carbonyl (C=O) groups excluding carboxylic acids is 3. The Balaban J connectivity index is 1.01. The summed E-state index contributed by atoms with van der Waals surface area (Å²) in [5.41, 5.74) is 3.37. The van der Waals surface area contributed by atoms with Crippen LogP contribution < -0.4 is 5.32 Å². The molecule has 0 radical (unpaired) electrons. The first kappa shape index (κ1) is 48.1. The van der Waals surface area contributed by atoms with E-state index in [2.05, 4.69) is 15.3 Å². The van der Waals surface area contributed by atoms with E-state index in [0.717, 1.165) is 29.5 Å². The van der Waals surface area contributed by atoms with Gasteiger partial charge in [0.2, 0.25) is 5.28 Å². The van der Waals surface area contributed by atoms with Crippen molar-refractivity contribution in [1.29, 1.82) is 0 Å². The fraction of sp³-hybridized carbons (Fsp3) is 0.500. The number of hydrogen-bond donors (Lipinski definition) is 1. The molecular formula is C52H58ClN5O12. The summed E-state index contributed by atoms with van der Waals surface area (Å²) in [5, 5.41) is 3.83. The number of ether oxygens (including phenoxy) is 9. The van der Waals surface area contributed by atoms with E-state index in [1.807, 2.05) is 91.0 Å². The minimum absolute atomic E-state index is 0.0109. The zero-order valence-corrected chi connectivity index (χ0v) is 40.1. The molecule has 4 saturated carbocycles. The predicted molar refractivity (Wildman–Crippen MR) is 252 cm³/mol. The van der Waals surface area contributed by atoms with Gasteiger partial charge in [-0.25, -0.2) is 4.98 Å². The number of imidazole rings is 1. The number of hydrogen-bond acceptors (Lipinski definition) is 16. The highest BCUT2D eigenvalue weighted by Crippen LogP contribution is 2.61. The second kappa shape index (κ2) is 21.1. The van der Waals surface area contributed by atoms with Gasteiger partial charge in [-0.15, -0.1) is 0 Å². The summed E-state index contributed by atoms with van der Waals surface area (Å²) in [5.74, 6) is 0.534. The number of carbonyl (C=O) groups is 3. The second-order valence-electron chi connectivity index (χ2n) is 19.2. The van der Waals surface area contributed by atoms with Crippen LogP contribution in [0, 0.1) is 17.8 Å². The van der Waals surface area contributed by atoms with Gasteiger partial charge >= 0.3 is 17.9 Å². The van der Waals surface area contributed by atoms with Crippen LogP contribution in [-0.2, 0) is 76.8 Å². The number of esters is 3. The number of nitrogens with one attached hydrogen (secondary N) is 1. The number of benzene rings is 3. The molecule has 0 spiro atoms. The molecule has 2 unspecified atom stereocenters. The fourth-order valence-electron chi connectivity index (χ4n) is 11.6. The van der Waals surface area contributed by atoms with Crippen molar-refractivity contribution in [3.05, 3.63) is 119 Å². The Morgan fingerprint density at radius 3 is 1.80 bits per heavy atom. The molecule has 4 aliphatic carbocycles. The predicted octanol–water partition coefficient (Wildman–Crippen LogP) is 7.29. The van der Waals surface area contributed by atoms with Gasteiger partial charge < -0.3 is 47.9 Å². The van der Waals surface area contributed by atoms with Gasteiger partial charge in [-0.1, -0.05) is 91.0 Å². The third-order valence-electron chi connectivity index (χ3n) is 14.2. The average Bonchev–Trinajstić information content (AvgIpc) is 4.03. The normalized spacial score (nSPS) is 30.9. The summed E-state index contributed by atoms with van der Waals surface area (Å²) in [6.07, 6.45) is -3.07. The van der Waals surface area contributed by atoms with E-state index in [4.69, 9.17) is 59.2 Å². The lowest BCUT2D eigenvalue weighted by atomic mass is 9.80. The van der Waals surface area contributed by atoms with Crippen molar-refractivity contribution in [2.45, 2.75) is 133 Å². The molecule has 6 aliphatic rings. The lowest BCUT2D eigenvalue weighted by Crippen LogP contribution is -2.63. The first-order valence-corrected chi connectivity index (χ1v) is 24.4. The maximum absolute atomic E-state index is 13.3. The van der Waals surface area contributed by atoms with Crippen molar-refractivity contribution < 1.29 is 57.0 Å². The van der Waals surface area contributed by atoms with E-state index >= 15 is 0 Å². The monoisotopic (exact) mass is 979 g/mol. The molecule has 0 amide bonds. The maximum atomic E-state index is 13.3. The van der Waals surface area contributed by atoms with Crippen LogP contribution in [0.5, 0.6) is 0 Å². The molecule has 11 rings (SSSR count). The van der Waals surface area contributed by atoms with Crippen molar-refractivity contribution in [1.82, 2.24) is 19.5 Å². The minimum Gasteiger partial charge on any atom is -0.456 e. The Morgan fingerprint density at radius 1 is 0.671 bits per heavy atom. The van der Waals surface area contributed by atoms with Crippen molar-refractivity contribution in [3.63, 3.8) is 0 Å². The van der Waals surface area contributed by atoms with Crippen molar-refractivity contribution in [2.24, 2.45) is 17.8 Å². The van der Waals surface area contributed by atoms with Crippen molar-refractivity contribution in [3.8, 4) is 0 Å². The smallest absolute Gasteiger partial charge is 0.303 e. The van der Waals surface area contributed by atoms with Crippen LogP contribution in [0.15, 0.2) is 97.3 Å². The van der Waals surface area contributed by atoms with Crippen LogP contribution >= 0.6 is 11.6 Å². The highest BCUT2D eigenvalue weighted by atomic mass is 35.5. The molecule has 2 aliphatic heterocycles. The molecule has 1 N–H and O–H groups in total. The minimum atomic E-state index is -1.38. The van der Waals surface area contributed by atoms with Crippen LogP contribution in [0.1, 0.15) is 75.8 Å². The number of anilines is 1. The fourth-order valence-corrected chi connectivity index (χ4v) is 11.7. The Kier molecular flexibility index (Phi) is 14.5. The number of rotatable bonds is 19. The van der Waals surface area contributed by atoms with Crippen LogP contribution in [-0.4, -0.2) is 105 Å². The zero-order chi connectivity index (χ0) is 48.4. The van der Waals surface area contributed by atoms with Gasteiger partial charge in [-0.05, 0) is 78.1 Å². The van der Waals surface area contributed by atoms with E-state index in [1.165, 1.54) is 40.0 Å². The maximum Gasteiger partial charge on any atom is 0.303 e. The molecule has 13 atom stereocenters. The Bertz CT molecular complexity index is 2600. The standard InChI is InChI=1S/C52H58ClN5O12/c1-30(59)65-42-40(28-63-25-34-15-9-5-10-16-34)69-50(46(44(42)66-31(2)60)64-26-35-17-11-6-12-18-35)70-43-39(27-62-24-33-13-7-4-8-14-33)68-49(45(43)67-32(3)61)58-29-54-41-47(55-51(53)56-48(41)58)57-52-22-36-19-37(23-52)21-38(52)20-36/h4-18,29,36-40,42-46,49-50H,19-28H2,1-3H3,(H,55,56,57)/t36-,37+,38?,39-,40-,42-,43-,44+,45-,46-,49-,50-,52?/m1/s1. The third-order valence-corrected chi connectivity index (χ3v) is 14.3. The molecule has 2 saturated heterocycles. The first-order valence-electron chi connectivity index (χ1n) is 24.0. The Morgan fingerprint density at radius 2 is 1.21 bits per heavy atom. The Hall–Kier alpha value is -5.53. The van der Waals surface area contributed by atoms with Crippen molar-refractivity contribution in [2.75, 3.05) is 18.5 Å². The van der Waals surface area contributed by atoms with Crippen LogP contribution in [0.25, 0.3) is 11.2 Å². The number of fused-ring (bicyclic) bond motifs is 1. The van der Waals surface area contributed by atoms with E-state index in [9.17, 15) is 14.4 Å². The van der Waals surface area contributed by atoms with Gasteiger partial charge in [0.05, 0.1) is 39.4 Å². The second-order valence-corrected chi connectivity index (χ2v) is 19.5. The van der Waals surface area contributed by atoms with E-state index in [1.54, 1.807) is 10.9 Å². The number of nitrogens with zero attached hydrogens (tertiary/aromatic N) is 4. The largest absolute Gasteiger partial charge is 0.456 e. The van der Waals surface area contributed by atoms with Crippen LogP contribution in [0.3, 0.4) is 0 Å². The first-order chi connectivity index (χ1) is 34.0. The molecular weight excluding hydrogens is 922 g/mol. The lowest BCUT2D eigenvalue weighted by molar-refractivity contribution is -0.331. The summed E-state index contributed by atoms with van der Waals surface area (Å²) in [7, 11) is 0. The average molecular weight is 981 g/mol. The quantitative estimate of drug-likeness (QED) is 0.0493. The number of halogens is 1. The van der Waals surface area contributed by atoms with Gasteiger partial charge in [0.25, 0.3) is 0 Å². The molecule has 4 bridgehead atoms. The molecule has 3 aromatic carbocycles. The zero-order valence-electron chi connectivity index (χ0n) is 39.3. The summed E-state index contributed by atoms with van der Waals surface area (Å²) >= 11 is 6.74. The summed E-state index contributed by atoms with van der Waals surface area (Å²) in [6, 6.07) is 28.6. The highest BCUT2D eigenvalue weighted by molar-refractivity contribution is 6.28. The molecule has 4 heterocycles. The van der Waals surface area contributed by atoms with Crippen molar-refractivity contribution >= 4 is 46.5 Å². The van der Waals surface area contributed by atoms with Gasteiger partial charge in [-0.2, -0.15) is 9.97 Å². The van der Waals surface area contributed by atoms with E-state index < -0.39 is 73.2 Å². The number of aromatic nitrogens is 4.